The molecule has 1 atom stereocenters. The SMILES string of the molecule is CCNC(CCN(C)c1ccc(F)cc1)C(=O)OCC. The zero-order valence-electron chi connectivity index (χ0n) is 12.4. The Bertz CT molecular complexity index is 409. The maximum atomic E-state index is 12.9. The Hall–Kier alpha value is -1.62. The van der Waals surface area contributed by atoms with Gasteiger partial charge in [-0.3, -0.25) is 4.79 Å². The van der Waals surface area contributed by atoms with Gasteiger partial charge in [0.25, 0.3) is 0 Å². The number of rotatable bonds is 8. The monoisotopic (exact) mass is 282 g/mol. The quantitative estimate of drug-likeness (QED) is 0.742. The summed E-state index contributed by atoms with van der Waals surface area (Å²) in [5, 5.41) is 3.12. The van der Waals surface area contributed by atoms with Crippen LogP contribution in [-0.4, -0.2) is 38.8 Å². The summed E-state index contributed by atoms with van der Waals surface area (Å²) in [6.07, 6.45) is 0.639. The van der Waals surface area contributed by atoms with Crippen molar-refractivity contribution in [1.82, 2.24) is 5.32 Å². The second-order valence-electron chi connectivity index (χ2n) is 4.55. The first-order chi connectivity index (χ1) is 9.58. The topological polar surface area (TPSA) is 41.6 Å². The van der Waals surface area contributed by atoms with Gasteiger partial charge in [-0.05, 0) is 44.2 Å². The Labute approximate surface area is 119 Å². The van der Waals surface area contributed by atoms with Gasteiger partial charge in [0.05, 0.1) is 6.61 Å². The summed E-state index contributed by atoms with van der Waals surface area (Å²) in [5.41, 5.74) is 0.922. The molecule has 0 saturated heterocycles. The lowest BCUT2D eigenvalue weighted by Gasteiger charge is -2.23. The molecule has 1 aromatic carbocycles. The van der Waals surface area contributed by atoms with Gasteiger partial charge in [0.2, 0.25) is 0 Å². The van der Waals surface area contributed by atoms with E-state index in [1.54, 1.807) is 19.1 Å². The lowest BCUT2D eigenvalue weighted by Crippen LogP contribution is -2.40. The lowest BCUT2D eigenvalue weighted by molar-refractivity contribution is -0.145. The molecule has 0 saturated carbocycles. The highest BCUT2D eigenvalue weighted by molar-refractivity contribution is 5.75. The number of esters is 1. The Balaban J connectivity index is 2.53. The number of hydrogen-bond donors (Lipinski definition) is 1. The summed E-state index contributed by atoms with van der Waals surface area (Å²) < 4.78 is 17.9. The van der Waals surface area contributed by atoms with Crippen molar-refractivity contribution in [2.75, 3.05) is 31.6 Å². The minimum Gasteiger partial charge on any atom is -0.465 e. The normalized spacial score (nSPS) is 12.0. The summed E-state index contributed by atoms with van der Waals surface area (Å²) in [6.45, 7) is 5.53. The van der Waals surface area contributed by atoms with E-state index in [-0.39, 0.29) is 17.8 Å². The third kappa shape index (κ3) is 5.17. The zero-order chi connectivity index (χ0) is 15.0. The average Bonchev–Trinajstić information content (AvgIpc) is 2.44. The van der Waals surface area contributed by atoms with Crippen molar-refractivity contribution in [3.63, 3.8) is 0 Å². The van der Waals surface area contributed by atoms with Crippen LogP contribution >= 0.6 is 0 Å². The number of likely N-dealkylation sites (N-methyl/N-ethyl adjacent to an activating group) is 1. The first kappa shape index (κ1) is 16.4. The third-order valence-corrected chi connectivity index (χ3v) is 3.04. The van der Waals surface area contributed by atoms with Gasteiger partial charge < -0.3 is 15.0 Å². The van der Waals surface area contributed by atoms with Crippen LogP contribution < -0.4 is 10.2 Å². The largest absolute Gasteiger partial charge is 0.465 e. The summed E-state index contributed by atoms with van der Waals surface area (Å²) in [4.78, 5) is 13.8. The maximum Gasteiger partial charge on any atom is 0.323 e. The number of ether oxygens (including phenoxy) is 1. The Morgan fingerprint density at radius 2 is 2.00 bits per heavy atom. The first-order valence-electron chi connectivity index (χ1n) is 6.95. The van der Waals surface area contributed by atoms with Gasteiger partial charge in [0.15, 0.2) is 0 Å². The molecule has 0 radical (unpaired) electrons. The number of anilines is 1. The molecule has 0 aliphatic rings. The zero-order valence-corrected chi connectivity index (χ0v) is 12.4. The number of carbonyl (C=O) groups is 1. The van der Waals surface area contributed by atoms with Crippen LogP contribution in [0.5, 0.6) is 0 Å². The number of nitrogens with zero attached hydrogens (tertiary/aromatic N) is 1. The van der Waals surface area contributed by atoms with Gasteiger partial charge in [-0.2, -0.15) is 0 Å². The molecule has 0 bridgehead atoms. The van der Waals surface area contributed by atoms with Crippen LogP contribution in [0.25, 0.3) is 0 Å². The minimum absolute atomic E-state index is 0.221. The molecule has 0 aromatic heterocycles. The van der Waals surface area contributed by atoms with Crippen molar-refractivity contribution in [2.24, 2.45) is 0 Å². The molecule has 0 spiro atoms. The van der Waals surface area contributed by atoms with Gasteiger partial charge in [-0.25, -0.2) is 4.39 Å². The third-order valence-electron chi connectivity index (χ3n) is 3.04. The van der Waals surface area contributed by atoms with Gasteiger partial charge in [0, 0.05) is 19.3 Å². The number of benzene rings is 1. The standard InChI is InChI=1S/C15H23FN2O2/c1-4-17-14(15(19)20-5-2)10-11-18(3)13-8-6-12(16)7-9-13/h6-9,14,17H,4-5,10-11H2,1-3H3. The van der Waals surface area contributed by atoms with E-state index >= 15 is 0 Å². The van der Waals surface area contributed by atoms with E-state index in [1.165, 1.54) is 12.1 Å². The Kier molecular flexibility index (Phi) is 7.01. The first-order valence-corrected chi connectivity index (χ1v) is 6.95. The van der Waals surface area contributed by atoms with Crippen LogP contribution in [-0.2, 0) is 9.53 Å². The van der Waals surface area contributed by atoms with Crippen LogP contribution in [0.4, 0.5) is 10.1 Å². The van der Waals surface area contributed by atoms with E-state index in [0.29, 0.717) is 26.1 Å². The second-order valence-corrected chi connectivity index (χ2v) is 4.55. The molecular weight excluding hydrogens is 259 g/mol. The van der Waals surface area contributed by atoms with Crippen LogP contribution in [0.15, 0.2) is 24.3 Å². The Morgan fingerprint density at radius 3 is 2.55 bits per heavy atom. The van der Waals surface area contributed by atoms with Crippen molar-refractivity contribution < 1.29 is 13.9 Å². The molecule has 0 aliphatic carbocycles. The molecule has 4 nitrogen and oxygen atoms in total. The fourth-order valence-corrected chi connectivity index (χ4v) is 1.94. The van der Waals surface area contributed by atoms with Crippen LogP contribution in [0.3, 0.4) is 0 Å². The molecule has 20 heavy (non-hydrogen) atoms. The van der Waals surface area contributed by atoms with E-state index in [0.717, 1.165) is 5.69 Å². The van der Waals surface area contributed by atoms with Gasteiger partial charge in [-0.15, -0.1) is 0 Å². The number of hydrogen-bond acceptors (Lipinski definition) is 4. The number of nitrogens with one attached hydrogen (secondary N) is 1. The lowest BCUT2D eigenvalue weighted by atomic mass is 10.2. The molecule has 1 aromatic rings. The summed E-state index contributed by atoms with van der Waals surface area (Å²) in [5.74, 6) is -0.471. The summed E-state index contributed by atoms with van der Waals surface area (Å²) >= 11 is 0. The van der Waals surface area contributed by atoms with Gasteiger partial charge >= 0.3 is 5.97 Å². The highest BCUT2D eigenvalue weighted by Gasteiger charge is 2.18. The van der Waals surface area contributed by atoms with Crippen molar-refractivity contribution >= 4 is 11.7 Å². The average molecular weight is 282 g/mol. The maximum absolute atomic E-state index is 12.9. The van der Waals surface area contributed by atoms with Gasteiger partial charge in [0.1, 0.15) is 11.9 Å². The fraction of sp³-hybridized carbons (Fsp3) is 0.533. The molecule has 0 fully saturated rings. The number of halogens is 1. The molecule has 1 N–H and O–H groups in total. The molecule has 1 rings (SSSR count). The van der Waals surface area contributed by atoms with E-state index in [9.17, 15) is 9.18 Å². The van der Waals surface area contributed by atoms with E-state index in [4.69, 9.17) is 4.74 Å². The predicted octanol–water partition coefficient (Wildman–Crippen LogP) is 2.19. The molecular formula is C15H23FN2O2. The molecule has 1 unspecified atom stereocenters. The van der Waals surface area contributed by atoms with Gasteiger partial charge in [-0.1, -0.05) is 6.92 Å². The minimum atomic E-state index is -0.303. The van der Waals surface area contributed by atoms with Crippen molar-refractivity contribution in [2.45, 2.75) is 26.3 Å². The highest BCUT2D eigenvalue weighted by atomic mass is 19.1. The smallest absolute Gasteiger partial charge is 0.323 e. The molecule has 0 amide bonds. The molecule has 0 heterocycles. The fourth-order valence-electron chi connectivity index (χ4n) is 1.94. The molecule has 0 aliphatic heterocycles. The van der Waals surface area contributed by atoms with Crippen LogP contribution in [0.1, 0.15) is 20.3 Å². The van der Waals surface area contributed by atoms with Crippen molar-refractivity contribution in [3.05, 3.63) is 30.1 Å². The van der Waals surface area contributed by atoms with E-state index in [1.807, 2.05) is 18.9 Å². The molecule has 5 heteroatoms. The van der Waals surface area contributed by atoms with E-state index in [2.05, 4.69) is 5.32 Å². The van der Waals surface area contributed by atoms with Crippen LogP contribution in [0.2, 0.25) is 0 Å². The second kappa shape index (κ2) is 8.53. The van der Waals surface area contributed by atoms with Crippen molar-refractivity contribution in [3.8, 4) is 0 Å². The highest BCUT2D eigenvalue weighted by Crippen LogP contribution is 2.13. The van der Waals surface area contributed by atoms with Crippen molar-refractivity contribution in [1.29, 1.82) is 0 Å². The van der Waals surface area contributed by atoms with E-state index < -0.39 is 0 Å². The molecule has 112 valence electrons. The number of carbonyl (C=O) groups excluding carboxylic acids is 1. The summed E-state index contributed by atoms with van der Waals surface area (Å²) in [7, 11) is 1.92. The predicted molar refractivity (Wildman–Crippen MR) is 78.4 cm³/mol. The Morgan fingerprint density at radius 1 is 1.35 bits per heavy atom. The summed E-state index contributed by atoms with van der Waals surface area (Å²) in [6, 6.07) is 6.00. The van der Waals surface area contributed by atoms with Crippen LogP contribution in [0, 0.1) is 5.82 Å².